The first-order valence-corrected chi connectivity index (χ1v) is 8.10. The number of halogens is 4. The molecule has 0 aliphatic carbocycles. The van der Waals surface area contributed by atoms with Gasteiger partial charge in [-0.3, -0.25) is 4.79 Å². The molecule has 0 atom stereocenters. The Balaban J connectivity index is 2.03. The minimum atomic E-state index is -4.61. The van der Waals surface area contributed by atoms with Crippen molar-refractivity contribution in [1.29, 1.82) is 0 Å². The van der Waals surface area contributed by atoms with E-state index in [0.717, 1.165) is 6.07 Å². The van der Waals surface area contributed by atoms with Gasteiger partial charge in [0.05, 0.1) is 5.52 Å². The number of carbonyl (C=O) groups excluding carboxylic acids is 1. The van der Waals surface area contributed by atoms with E-state index in [9.17, 15) is 22.4 Å². The number of fused-ring (bicyclic) bond motifs is 3. The van der Waals surface area contributed by atoms with Crippen molar-refractivity contribution in [3.8, 4) is 10.6 Å². The van der Waals surface area contributed by atoms with Crippen LogP contribution in [0.2, 0.25) is 0 Å². The Bertz CT molecular complexity index is 1020. The number of nitrogens with one attached hydrogen (secondary N) is 1. The molecule has 1 aromatic carbocycles. The fourth-order valence-electron chi connectivity index (χ4n) is 3.11. The monoisotopic (exact) mass is 370 g/mol. The topological polar surface area (TPSA) is 59.8 Å². The fraction of sp³-hybridized carbons (Fsp3) is 0.267. The van der Waals surface area contributed by atoms with E-state index in [0.29, 0.717) is 46.6 Å². The standard InChI is InChI=1S/C15H10F4N4OS/c1-6-8-4-7(16)5-9(13-21-22-14(25-13)15(17,18)19)11(8)23-3-2-20-12(24)10(6)23/h4-5H,2-3H2,1H3,(H,20,24). The minimum Gasteiger partial charge on any atom is -0.349 e. The van der Waals surface area contributed by atoms with Crippen LogP contribution in [0.25, 0.3) is 21.5 Å². The zero-order chi connectivity index (χ0) is 17.9. The highest BCUT2D eigenvalue weighted by Gasteiger charge is 2.36. The van der Waals surface area contributed by atoms with Gasteiger partial charge in [0.25, 0.3) is 5.91 Å². The summed E-state index contributed by atoms with van der Waals surface area (Å²) >= 11 is 0.349. The molecule has 10 heteroatoms. The number of aromatic nitrogens is 3. The molecule has 0 saturated carbocycles. The summed E-state index contributed by atoms with van der Waals surface area (Å²) in [5, 5.41) is 8.81. The van der Waals surface area contributed by atoms with Crippen molar-refractivity contribution in [2.45, 2.75) is 19.6 Å². The van der Waals surface area contributed by atoms with Gasteiger partial charge in [0.2, 0.25) is 5.01 Å². The Morgan fingerprint density at radius 3 is 2.72 bits per heavy atom. The molecule has 0 radical (unpaired) electrons. The normalized spacial score (nSPS) is 14.7. The summed E-state index contributed by atoms with van der Waals surface area (Å²) in [6.07, 6.45) is -4.61. The molecule has 1 N–H and O–H groups in total. The van der Waals surface area contributed by atoms with Gasteiger partial charge in [-0.15, -0.1) is 10.2 Å². The summed E-state index contributed by atoms with van der Waals surface area (Å²) < 4.78 is 54.2. The van der Waals surface area contributed by atoms with Crippen molar-refractivity contribution in [2.24, 2.45) is 0 Å². The highest BCUT2D eigenvalue weighted by atomic mass is 32.1. The van der Waals surface area contributed by atoms with Gasteiger partial charge in [-0.2, -0.15) is 13.2 Å². The van der Waals surface area contributed by atoms with E-state index in [1.165, 1.54) is 6.07 Å². The van der Waals surface area contributed by atoms with Crippen LogP contribution >= 0.6 is 11.3 Å². The maximum atomic E-state index is 14.1. The van der Waals surface area contributed by atoms with Gasteiger partial charge in [-0.25, -0.2) is 4.39 Å². The number of carbonyl (C=O) groups is 1. The first-order chi connectivity index (χ1) is 11.8. The third-order valence-corrected chi connectivity index (χ3v) is 5.11. The molecule has 3 heterocycles. The quantitative estimate of drug-likeness (QED) is 0.668. The number of nitrogens with zero attached hydrogens (tertiary/aromatic N) is 3. The predicted molar refractivity (Wildman–Crippen MR) is 82.9 cm³/mol. The van der Waals surface area contributed by atoms with E-state index >= 15 is 0 Å². The van der Waals surface area contributed by atoms with Gasteiger partial charge in [-0.1, -0.05) is 11.3 Å². The summed E-state index contributed by atoms with van der Waals surface area (Å²) in [5.74, 6) is -0.905. The fourth-order valence-corrected chi connectivity index (χ4v) is 3.84. The smallest absolute Gasteiger partial charge is 0.349 e. The Morgan fingerprint density at radius 1 is 1.28 bits per heavy atom. The van der Waals surface area contributed by atoms with Crippen LogP contribution in [0, 0.1) is 12.7 Å². The molecule has 5 nitrogen and oxygen atoms in total. The minimum absolute atomic E-state index is 0.0388. The summed E-state index contributed by atoms with van der Waals surface area (Å²) in [7, 11) is 0. The lowest BCUT2D eigenvalue weighted by Gasteiger charge is -2.18. The van der Waals surface area contributed by atoms with Gasteiger partial charge in [0, 0.05) is 24.0 Å². The Labute approximate surface area is 142 Å². The van der Waals surface area contributed by atoms with Crippen molar-refractivity contribution in [3.05, 3.63) is 34.2 Å². The Hall–Kier alpha value is -2.49. The predicted octanol–water partition coefficient (Wildman–Crippen LogP) is 3.37. The summed E-state index contributed by atoms with van der Waals surface area (Å²) in [5.41, 5.74) is 1.66. The SMILES string of the molecule is Cc1c2n(c3c(-c4nnc(C(F)(F)F)s4)cc(F)cc13)CCNC2=O. The van der Waals surface area contributed by atoms with Gasteiger partial charge in [-0.05, 0) is 24.6 Å². The molecule has 0 spiro atoms. The molecule has 0 bridgehead atoms. The number of alkyl halides is 3. The number of amides is 1. The summed E-state index contributed by atoms with van der Waals surface area (Å²) in [6.45, 7) is 2.51. The largest absolute Gasteiger partial charge is 0.445 e. The van der Waals surface area contributed by atoms with Crippen molar-refractivity contribution in [1.82, 2.24) is 20.1 Å². The van der Waals surface area contributed by atoms with Crippen molar-refractivity contribution in [3.63, 3.8) is 0 Å². The van der Waals surface area contributed by atoms with Gasteiger partial charge in [0.15, 0.2) is 0 Å². The van der Waals surface area contributed by atoms with Crippen LogP contribution in [0.1, 0.15) is 21.1 Å². The molecule has 3 aromatic rings. The van der Waals surface area contributed by atoms with Crippen molar-refractivity contribution in [2.75, 3.05) is 6.54 Å². The van der Waals surface area contributed by atoms with Gasteiger partial charge < -0.3 is 9.88 Å². The average Bonchev–Trinajstić information content (AvgIpc) is 3.12. The van der Waals surface area contributed by atoms with E-state index in [1.807, 2.05) is 0 Å². The number of benzene rings is 1. The maximum Gasteiger partial charge on any atom is 0.445 e. The highest BCUT2D eigenvalue weighted by Crippen LogP contribution is 2.39. The zero-order valence-electron chi connectivity index (χ0n) is 12.7. The number of hydrogen-bond donors (Lipinski definition) is 1. The molecule has 1 aliphatic rings. The molecular formula is C15H10F4N4OS. The second kappa shape index (κ2) is 5.25. The summed E-state index contributed by atoms with van der Waals surface area (Å²) in [4.78, 5) is 12.1. The third-order valence-electron chi connectivity index (χ3n) is 4.11. The van der Waals surface area contributed by atoms with E-state index in [1.54, 1.807) is 11.5 Å². The number of rotatable bonds is 1. The molecule has 130 valence electrons. The first kappa shape index (κ1) is 16.0. The van der Waals surface area contributed by atoms with E-state index in [4.69, 9.17) is 0 Å². The number of hydrogen-bond acceptors (Lipinski definition) is 4. The lowest BCUT2D eigenvalue weighted by Crippen LogP contribution is -2.35. The lowest BCUT2D eigenvalue weighted by atomic mass is 10.1. The number of aryl methyl sites for hydroxylation is 1. The van der Waals surface area contributed by atoms with Gasteiger partial charge in [0.1, 0.15) is 16.5 Å². The second-order valence-corrected chi connectivity index (χ2v) is 6.62. The van der Waals surface area contributed by atoms with Crippen LogP contribution in [-0.4, -0.2) is 27.2 Å². The van der Waals surface area contributed by atoms with Crippen molar-refractivity contribution >= 4 is 28.1 Å². The Kier molecular flexibility index (Phi) is 3.36. The molecule has 25 heavy (non-hydrogen) atoms. The third kappa shape index (κ3) is 2.39. The molecule has 1 amide bonds. The molecular weight excluding hydrogens is 360 g/mol. The van der Waals surface area contributed by atoms with Gasteiger partial charge >= 0.3 is 6.18 Å². The lowest BCUT2D eigenvalue weighted by molar-refractivity contribution is -0.138. The Morgan fingerprint density at radius 2 is 2.04 bits per heavy atom. The molecule has 1 aliphatic heterocycles. The molecule has 0 fully saturated rings. The van der Waals surface area contributed by atoms with Crippen molar-refractivity contribution < 1.29 is 22.4 Å². The zero-order valence-corrected chi connectivity index (χ0v) is 13.6. The van der Waals surface area contributed by atoms with E-state index in [-0.39, 0.29) is 16.5 Å². The van der Waals surface area contributed by atoms with E-state index < -0.39 is 17.0 Å². The molecule has 2 aromatic heterocycles. The highest BCUT2D eigenvalue weighted by molar-refractivity contribution is 7.14. The van der Waals surface area contributed by atoms with Crippen LogP contribution in [-0.2, 0) is 12.7 Å². The van der Waals surface area contributed by atoms with Crippen LogP contribution in [0.4, 0.5) is 17.6 Å². The van der Waals surface area contributed by atoms with Crippen LogP contribution in [0.5, 0.6) is 0 Å². The molecule has 4 rings (SSSR count). The van der Waals surface area contributed by atoms with Crippen LogP contribution < -0.4 is 5.32 Å². The van der Waals surface area contributed by atoms with E-state index in [2.05, 4.69) is 15.5 Å². The first-order valence-electron chi connectivity index (χ1n) is 7.29. The summed E-state index contributed by atoms with van der Waals surface area (Å²) in [6, 6.07) is 2.40. The van der Waals surface area contributed by atoms with Crippen LogP contribution in [0.3, 0.4) is 0 Å². The maximum absolute atomic E-state index is 14.1. The molecule has 0 saturated heterocycles. The van der Waals surface area contributed by atoms with Crippen LogP contribution in [0.15, 0.2) is 12.1 Å². The molecule has 0 unspecified atom stereocenters. The average molecular weight is 370 g/mol. The second-order valence-electron chi connectivity index (χ2n) is 5.64.